The van der Waals surface area contributed by atoms with E-state index in [4.69, 9.17) is 12.2 Å². The van der Waals surface area contributed by atoms with E-state index >= 15 is 0 Å². The molecule has 0 radical (unpaired) electrons. The fourth-order valence-corrected chi connectivity index (χ4v) is 4.04. The fourth-order valence-electron chi connectivity index (χ4n) is 2.87. The topological polar surface area (TPSA) is 63.4 Å². The number of hydrogen-bond acceptors (Lipinski definition) is 5. The highest BCUT2D eigenvalue weighted by Crippen LogP contribution is 2.13. The van der Waals surface area contributed by atoms with Crippen molar-refractivity contribution in [2.24, 2.45) is 0 Å². The normalized spacial score (nSPS) is 17.2. The van der Waals surface area contributed by atoms with E-state index in [9.17, 15) is 8.42 Å². The van der Waals surface area contributed by atoms with Crippen LogP contribution in [0, 0.1) is 11.7 Å². The average molecular weight is 368 g/mol. The summed E-state index contributed by atoms with van der Waals surface area (Å²) in [5.74, 6) is 0.834. The summed E-state index contributed by atoms with van der Waals surface area (Å²) in [6.45, 7) is 4.85. The molecule has 0 saturated carbocycles. The van der Waals surface area contributed by atoms with Crippen LogP contribution < -0.4 is 0 Å². The van der Waals surface area contributed by atoms with E-state index in [-0.39, 0.29) is 0 Å². The average Bonchev–Trinajstić information content (AvgIpc) is 2.82. The van der Waals surface area contributed by atoms with Gasteiger partial charge in [-0.3, -0.25) is 9.47 Å². The van der Waals surface area contributed by atoms with E-state index in [1.165, 1.54) is 10.6 Å². The Morgan fingerprint density at radius 3 is 2.33 bits per heavy atom. The Morgan fingerprint density at radius 2 is 1.75 bits per heavy atom. The Hall–Kier alpha value is -1.55. The molecule has 0 atom stereocenters. The van der Waals surface area contributed by atoms with Crippen LogP contribution in [0.3, 0.4) is 0 Å². The zero-order valence-corrected chi connectivity index (χ0v) is 15.4. The number of piperazine rings is 1. The minimum atomic E-state index is -3.11. The molecule has 9 heteroatoms. The maximum Gasteiger partial charge on any atom is 0.211 e. The van der Waals surface area contributed by atoms with Crippen molar-refractivity contribution < 1.29 is 8.42 Å². The zero-order valence-electron chi connectivity index (χ0n) is 13.8. The number of hydrogen-bond donors (Lipinski definition) is 0. The summed E-state index contributed by atoms with van der Waals surface area (Å²) in [6.07, 6.45) is 1.25. The summed E-state index contributed by atoms with van der Waals surface area (Å²) in [6, 6.07) is 9.91. The molecule has 0 amide bonds. The van der Waals surface area contributed by atoms with Crippen LogP contribution in [0.15, 0.2) is 30.3 Å². The van der Waals surface area contributed by atoms with Gasteiger partial charge in [-0.2, -0.15) is 9.40 Å². The van der Waals surface area contributed by atoms with Gasteiger partial charge in [-0.05, 0) is 31.3 Å². The molecule has 1 aromatic carbocycles. The van der Waals surface area contributed by atoms with Crippen molar-refractivity contribution in [3.63, 3.8) is 0 Å². The van der Waals surface area contributed by atoms with Gasteiger partial charge in [-0.15, -0.1) is 0 Å². The number of rotatable bonds is 4. The predicted octanol–water partition coefficient (Wildman–Crippen LogP) is 1.25. The molecule has 2 heterocycles. The first-order valence-electron chi connectivity index (χ1n) is 7.75. The molecule has 1 aromatic heterocycles. The monoisotopic (exact) mass is 367 g/mol. The third-order valence-corrected chi connectivity index (χ3v) is 5.85. The van der Waals surface area contributed by atoms with Crippen LogP contribution in [0.5, 0.6) is 0 Å². The highest BCUT2D eigenvalue weighted by Gasteiger charge is 2.24. The van der Waals surface area contributed by atoms with Crippen molar-refractivity contribution in [2.75, 3.05) is 32.4 Å². The Morgan fingerprint density at radius 1 is 1.12 bits per heavy atom. The highest BCUT2D eigenvalue weighted by atomic mass is 32.2. The van der Waals surface area contributed by atoms with Gasteiger partial charge < -0.3 is 0 Å². The van der Waals surface area contributed by atoms with Gasteiger partial charge >= 0.3 is 0 Å². The molecule has 24 heavy (non-hydrogen) atoms. The summed E-state index contributed by atoms with van der Waals surface area (Å²) in [7, 11) is -3.11. The van der Waals surface area contributed by atoms with Crippen molar-refractivity contribution in [1.29, 1.82) is 0 Å². The third kappa shape index (κ3) is 3.59. The number of nitrogens with zero attached hydrogens (tertiary/aromatic N) is 5. The van der Waals surface area contributed by atoms with E-state index in [2.05, 4.69) is 10.00 Å². The quantitative estimate of drug-likeness (QED) is 0.761. The lowest BCUT2D eigenvalue weighted by molar-refractivity contribution is 0.145. The molecule has 1 aliphatic heterocycles. The number of benzene rings is 1. The molecule has 0 aliphatic carbocycles. The van der Waals surface area contributed by atoms with Crippen LogP contribution in [-0.4, -0.2) is 64.4 Å². The Bertz CT molecular complexity index is 865. The van der Waals surface area contributed by atoms with Crippen LogP contribution in [0.2, 0.25) is 0 Å². The Kier molecular flexibility index (Phi) is 4.86. The number of aryl methyl sites for hydroxylation is 1. The van der Waals surface area contributed by atoms with Crippen LogP contribution in [0.25, 0.3) is 5.69 Å². The summed E-state index contributed by atoms with van der Waals surface area (Å²) >= 11 is 5.58. The van der Waals surface area contributed by atoms with Gasteiger partial charge in [-0.25, -0.2) is 13.1 Å². The lowest BCUT2D eigenvalue weighted by atomic mass is 10.3. The van der Waals surface area contributed by atoms with Crippen molar-refractivity contribution in [2.45, 2.75) is 13.6 Å². The Balaban J connectivity index is 1.75. The van der Waals surface area contributed by atoms with E-state index in [0.29, 0.717) is 37.6 Å². The molecule has 7 nitrogen and oxygen atoms in total. The van der Waals surface area contributed by atoms with Crippen molar-refractivity contribution >= 4 is 22.2 Å². The zero-order chi connectivity index (χ0) is 17.3. The van der Waals surface area contributed by atoms with E-state index in [0.717, 1.165) is 11.5 Å². The molecule has 2 aromatic rings. The number of sulfonamides is 1. The summed E-state index contributed by atoms with van der Waals surface area (Å²) in [4.78, 5) is 2.17. The molecule has 130 valence electrons. The molecule has 0 N–H and O–H groups in total. The molecule has 0 bridgehead atoms. The molecule has 0 spiro atoms. The van der Waals surface area contributed by atoms with Crippen molar-refractivity contribution in [3.8, 4) is 5.69 Å². The molecular weight excluding hydrogens is 346 g/mol. The van der Waals surface area contributed by atoms with Crippen LogP contribution >= 0.6 is 12.2 Å². The molecule has 1 aliphatic rings. The van der Waals surface area contributed by atoms with E-state index in [1.807, 2.05) is 41.8 Å². The summed E-state index contributed by atoms with van der Waals surface area (Å²) < 4.78 is 29.1. The largest absolute Gasteiger partial charge is 0.282 e. The van der Waals surface area contributed by atoms with Crippen LogP contribution in [-0.2, 0) is 16.7 Å². The van der Waals surface area contributed by atoms with E-state index < -0.39 is 10.0 Å². The van der Waals surface area contributed by atoms with Gasteiger partial charge in [-0.1, -0.05) is 18.2 Å². The Labute approximate surface area is 147 Å². The maximum atomic E-state index is 11.6. The molecule has 3 rings (SSSR count). The first-order chi connectivity index (χ1) is 11.4. The van der Waals surface area contributed by atoms with Gasteiger partial charge in [0.25, 0.3) is 0 Å². The van der Waals surface area contributed by atoms with Gasteiger partial charge in [0.05, 0.1) is 12.9 Å². The second-order valence-electron chi connectivity index (χ2n) is 5.92. The van der Waals surface area contributed by atoms with Crippen LogP contribution in [0.4, 0.5) is 0 Å². The van der Waals surface area contributed by atoms with Gasteiger partial charge in [0.15, 0.2) is 0 Å². The van der Waals surface area contributed by atoms with Crippen LogP contribution in [0.1, 0.15) is 5.82 Å². The second-order valence-corrected chi connectivity index (χ2v) is 8.27. The minimum absolute atomic E-state index is 0.504. The molecular formula is C15H21N5O2S2. The lowest BCUT2D eigenvalue weighted by Crippen LogP contribution is -2.48. The first kappa shape index (κ1) is 17.3. The van der Waals surface area contributed by atoms with Crippen molar-refractivity contribution in [3.05, 3.63) is 40.9 Å². The third-order valence-electron chi connectivity index (χ3n) is 4.15. The van der Waals surface area contributed by atoms with E-state index in [1.54, 1.807) is 4.68 Å². The second kappa shape index (κ2) is 6.75. The number of aromatic nitrogens is 3. The van der Waals surface area contributed by atoms with Gasteiger partial charge in [0.1, 0.15) is 5.82 Å². The number of para-hydroxylation sites is 1. The van der Waals surface area contributed by atoms with Crippen molar-refractivity contribution in [1.82, 2.24) is 23.6 Å². The highest BCUT2D eigenvalue weighted by molar-refractivity contribution is 7.88. The molecule has 0 unspecified atom stereocenters. The summed E-state index contributed by atoms with van der Waals surface area (Å²) in [5, 5.41) is 4.55. The smallest absolute Gasteiger partial charge is 0.211 e. The maximum absolute atomic E-state index is 11.6. The minimum Gasteiger partial charge on any atom is -0.282 e. The lowest BCUT2D eigenvalue weighted by Gasteiger charge is -2.32. The van der Waals surface area contributed by atoms with Gasteiger partial charge in [0.2, 0.25) is 14.8 Å². The molecule has 1 saturated heterocycles. The SMILES string of the molecule is Cc1nn(CN2CCN(S(C)(=O)=O)CC2)c(=S)n1-c1ccccc1. The summed E-state index contributed by atoms with van der Waals surface area (Å²) in [5.41, 5.74) is 0.994. The fraction of sp³-hybridized carbons (Fsp3) is 0.467. The predicted molar refractivity (Wildman–Crippen MR) is 95.1 cm³/mol. The standard InChI is InChI=1S/C15H21N5O2S2/c1-13-16-19(15(23)20(13)14-6-4-3-5-7-14)12-17-8-10-18(11-9-17)24(2,21)22/h3-7H,8-12H2,1-2H3. The van der Waals surface area contributed by atoms with Gasteiger partial charge in [0, 0.05) is 31.9 Å². The molecule has 1 fully saturated rings. The first-order valence-corrected chi connectivity index (χ1v) is 10.0.